The molecule has 0 fully saturated rings. The summed E-state index contributed by atoms with van der Waals surface area (Å²) in [6.45, 7) is 0. The van der Waals surface area contributed by atoms with E-state index in [1.165, 1.54) is 0 Å². The van der Waals surface area contributed by atoms with Gasteiger partial charge in [-0.2, -0.15) is 0 Å². The molecular weight excluding hydrogens is 250 g/mol. The Balaban J connectivity index is 0. The zero-order valence-corrected chi connectivity index (χ0v) is 8.82. The molecule has 0 unspecified atom stereocenters. The van der Waals surface area contributed by atoms with E-state index in [9.17, 15) is 18.5 Å². The Morgan fingerprint density at radius 1 is 0.867 bits per heavy atom. The van der Waals surface area contributed by atoms with Gasteiger partial charge in [0, 0.05) is 0 Å². The van der Waals surface area contributed by atoms with Gasteiger partial charge in [-0.15, -0.1) is 0 Å². The fourth-order valence-corrected chi connectivity index (χ4v) is 3.47. The summed E-state index contributed by atoms with van der Waals surface area (Å²) in [5.41, 5.74) is 0. The third kappa shape index (κ3) is 7.67. The van der Waals surface area contributed by atoms with E-state index in [-0.39, 0.29) is 5.48 Å². The van der Waals surface area contributed by atoms with Crippen LogP contribution in [-0.2, 0) is 27.1 Å². The molecule has 15 heavy (non-hydrogen) atoms. The van der Waals surface area contributed by atoms with Crippen molar-refractivity contribution in [2.24, 2.45) is 0 Å². The van der Waals surface area contributed by atoms with Crippen LogP contribution in [0.1, 0.15) is 0 Å². The van der Waals surface area contributed by atoms with Crippen LogP contribution < -0.4 is 0 Å². The number of hydrogen-bond acceptors (Lipinski definition) is 4. The van der Waals surface area contributed by atoms with Crippen molar-refractivity contribution in [2.45, 2.75) is 15.8 Å². The first-order valence-corrected chi connectivity index (χ1v) is 6.67. The van der Waals surface area contributed by atoms with Crippen molar-refractivity contribution in [3.05, 3.63) is 0 Å². The molecule has 0 aromatic heterocycles. The number of nitrogens with zero attached hydrogens (tertiary/aromatic N) is 1. The minimum atomic E-state index is -3.93. The Morgan fingerprint density at radius 2 is 1.07 bits per heavy atom. The van der Waals surface area contributed by atoms with E-state index in [4.69, 9.17) is 15.3 Å². The molecule has 0 saturated carbocycles. The van der Waals surface area contributed by atoms with Crippen molar-refractivity contribution in [3.8, 4) is 0 Å². The molecule has 0 aliphatic rings. The van der Waals surface area contributed by atoms with Gasteiger partial charge in [0.1, 0.15) is 0 Å². The van der Waals surface area contributed by atoms with Crippen molar-refractivity contribution in [2.75, 3.05) is 0 Å². The van der Waals surface area contributed by atoms with Crippen LogP contribution in [0.4, 0.5) is 0 Å². The third-order valence-corrected chi connectivity index (χ3v) is 4.85. The summed E-state index contributed by atoms with van der Waals surface area (Å²) in [6, 6.07) is 0. The second-order valence-electron chi connectivity index (χ2n) is 2.61. The Morgan fingerprint density at radius 3 is 1.20 bits per heavy atom. The van der Waals surface area contributed by atoms with Gasteiger partial charge in [0.25, 0.3) is 0 Å². The standard InChI is InChI=1S/3C2H3O2.Cr.N.H2O/c3*1-2(3)4;;;/h3*1H2,(H,3,4);;;1H2. The van der Waals surface area contributed by atoms with Gasteiger partial charge >= 0.3 is 80.3 Å². The summed E-state index contributed by atoms with van der Waals surface area (Å²) < 4.78 is 9.54. The molecule has 0 aliphatic carbocycles. The molecule has 5 N–H and O–H groups in total. The molecule has 0 aliphatic heterocycles. The quantitative estimate of drug-likeness (QED) is 0.603. The molecule has 0 heterocycles. The summed E-state index contributed by atoms with van der Waals surface area (Å²) in [6.07, 6.45) is 0. The molecule has 9 heteroatoms. The van der Waals surface area contributed by atoms with E-state index in [2.05, 4.69) is 0 Å². The van der Waals surface area contributed by atoms with Crippen LogP contribution in [0.5, 0.6) is 0 Å². The second kappa shape index (κ2) is 6.16. The first-order chi connectivity index (χ1) is 6.25. The summed E-state index contributed by atoms with van der Waals surface area (Å²) in [4.78, 5) is 30.8. The van der Waals surface area contributed by atoms with Crippen molar-refractivity contribution < 1.29 is 47.9 Å². The number of carboxylic acids is 3. The normalized spacial score (nSPS) is 10.1. The first-order valence-electron chi connectivity index (χ1n) is 3.39. The van der Waals surface area contributed by atoms with Gasteiger partial charge < -0.3 is 5.48 Å². The predicted octanol–water partition coefficient (Wildman–Crippen LogP) is -0.696. The summed E-state index contributed by atoms with van der Waals surface area (Å²) in [5, 5.41) is 22.8. The van der Waals surface area contributed by atoms with Crippen LogP contribution in [0, 0.1) is 4.17 Å². The van der Waals surface area contributed by atoms with Crippen molar-refractivity contribution in [3.63, 3.8) is 0 Å². The average Bonchev–Trinajstić information content (AvgIpc) is 1.76. The zero-order chi connectivity index (χ0) is 11.4. The van der Waals surface area contributed by atoms with E-state index in [0.717, 1.165) is 0 Å². The monoisotopic (exact) mass is 261 g/mol. The van der Waals surface area contributed by atoms with E-state index in [1.54, 1.807) is 0 Å². The van der Waals surface area contributed by atoms with Gasteiger partial charge in [-0.1, -0.05) is 0 Å². The predicted molar refractivity (Wildman–Crippen MR) is 42.7 cm³/mol. The number of aliphatic carboxylic acids is 3. The fourth-order valence-electron chi connectivity index (χ4n) is 0.843. The topological polar surface area (TPSA) is 167 Å². The molecule has 0 aromatic carbocycles. The van der Waals surface area contributed by atoms with E-state index in [0.29, 0.717) is 0 Å². The van der Waals surface area contributed by atoms with Crippen LogP contribution in [0.25, 0.3) is 0 Å². The summed E-state index contributed by atoms with van der Waals surface area (Å²) in [7, 11) is 0. The third-order valence-electron chi connectivity index (χ3n) is 1.18. The maximum absolute atomic E-state index is 10.3. The number of rotatable bonds is 3. The molecule has 0 amide bonds. The number of carbonyl (C=O) groups is 3. The Kier molecular flexibility index (Phi) is 6.60. The minimum absolute atomic E-state index is 0. The van der Waals surface area contributed by atoms with Crippen molar-refractivity contribution in [1.82, 2.24) is 0 Å². The molecule has 88 valence electrons. The molecule has 0 saturated heterocycles. The van der Waals surface area contributed by atoms with Crippen LogP contribution >= 0.6 is 0 Å². The molecular formula is C6H11CrNO7. The van der Waals surface area contributed by atoms with Crippen LogP contribution in [0.3, 0.4) is 0 Å². The van der Waals surface area contributed by atoms with Gasteiger partial charge in [0.2, 0.25) is 0 Å². The number of hydrogen-bond donors (Lipinski definition) is 3. The molecule has 0 rings (SSSR count). The molecule has 0 spiro atoms. The maximum atomic E-state index is 10.3. The molecule has 8 nitrogen and oxygen atoms in total. The van der Waals surface area contributed by atoms with E-state index >= 15 is 0 Å². The van der Waals surface area contributed by atoms with Crippen molar-refractivity contribution >= 4 is 17.9 Å². The van der Waals surface area contributed by atoms with Gasteiger partial charge in [0.05, 0.1) is 0 Å². The Labute approximate surface area is 86.4 Å². The number of carboxylic acid groups (broad SMARTS) is 3. The SMILES string of the molecule is O.[N]#[Cr]([CH2]C(=O)O)([CH2]C(=O)O)[CH2]C(=O)O. The second-order valence-corrected chi connectivity index (χ2v) is 7.09. The molecule has 0 aromatic rings. The van der Waals surface area contributed by atoms with Gasteiger partial charge in [-0.05, 0) is 0 Å². The van der Waals surface area contributed by atoms with Gasteiger partial charge in [-0.25, -0.2) is 0 Å². The Hall–Kier alpha value is -1.39. The molecule has 0 radical (unpaired) electrons. The summed E-state index contributed by atoms with van der Waals surface area (Å²) >= 11 is -3.93. The average molecular weight is 261 g/mol. The van der Waals surface area contributed by atoms with Crippen molar-refractivity contribution in [1.29, 1.82) is 4.17 Å². The fraction of sp³-hybridized carbons (Fsp3) is 0.500. The van der Waals surface area contributed by atoms with Crippen LogP contribution in [0.15, 0.2) is 0 Å². The summed E-state index contributed by atoms with van der Waals surface area (Å²) in [5.74, 6) is -4.14. The van der Waals surface area contributed by atoms with Crippen LogP contribution in [0.2, 0.25) is 15.8 Å². The van der Waals surface area contributed by atoms with E-state index < -0.39 is 46.5 Å². The Bertz CT molecular complexity index is 312. The van der Waals surface area contributed by atoms with Crippen LogP contribution in [-0.4, -0.2) is 38.7 Å². The first kappa shape index (κ1) is 16.1. The van der Waals surface area contributed by atoms with Gasteiger partial charge in [-0.3, -0.25) is 0 Å². The molecule has 0 atom stereocenters. The van der Waals surface area contributed by atoms with E-state index in [1.807, 2.05) is 0 Å². The molecule has 0 bridgehead atoms. The van der Waals surface area contributed by atoms with Gasteiger partial charge in [0.15, 0.2) is 0 Å². The zero-order valence-electron chi connectivity index (χ0n) is 7.54.